The van der Waals surface area contributed by atoms with Crippen LogP contribution in [0.4, 0.5) is 15.5 Å². The number of ether oxygens (including phenoxy) is 1. The predicted molar refractivity (Wildman–Crippen MR) is 154 cm³/mol. The molecule has 1 aliphatic rings. The van der Waals surface area contributed by atoms with Crippen LogP contribution in [0.15, 0.2) is 24.3 Å². The fraction of sp³-hybridized carbons (Fsp3) is 0.519. The largest absolute Gasteiger partial charge is 0.495 e. The maximum absolute atomic E-state index is 13.9. The van der Waals surface area contributed by atoms with E-state index < -0.39 is 11.6 Å². The van der Waals surface area contributed by atoms with Gasteiger partial charge in [0.05, 0.1) is 18.4 Å². The van der Waals surface area contributed by atoms with E-state index in [-0.39, 0.29) is 22.3 Å². The van der Waals surface area contributed by atoms with Crippen LogP contribution < -0.4 is 15.4 Å². The summed E-state index contributed by atoms with van der Waals surface area (Å²) in [5.74, 6) is 0.0466. The Morgan fingerprint density at radius 3 is 2.47 bits per heavy atom. The van der Waals surface area contributed by atoms with Gasteiger partial charge in [-0.15, -0.1) is 11.3 Å². The summed E-state index contributed by atoms with van der Waals surface area (Å²) >= 11 is 7.68. The smallest absolute Gasteiger partial charge is 0.324 e. The molecule has 0 spiro atoms. The van der Waals surface area contributed by atoms with Crippen LogP contribution in [0, 0.1) is 0 Å². The average Bonchev–Trinajstić information content (AvgIpc) is 3.25. The third-order valence-corrected chi connectivity index (χ3v) is 8.37. The normalized spacial score (nSPS) is 15.6. The van der Waals surface area contributed by atoms with Gasteiger partial charge in [0.2, 0.25) is 5.91 Å². The van der Waals surface area contributed by atoms with Crippen molar-refractivity contribution in [2.45, 2.75) is 45.6 Å². The Morgan fingerprint density at radius 2 is 1.87 bits per heavy atom. The lowest BCUT2D eigenvalue weighted by molar-refractivity contribution is -0.146. The monoisotopic (exact) mass is 563 g/mol. The zero-order chi connectivity index (χ0) is 28.4. The van der Waals surface area contributed by atoms with Crippen LogP contribution in [0.3, 0.4) is 0 Å². The Bertz CT molecular complexity index is 1200. The van der Waals surface area contributed by atoms with Gasteiger partial charge in [-0.25, -0.2) is 4.79 Å². The van der Waals surface area contributed by atoms with Crippen molar-refractivity contribution in [3.63, 3.8) is 0 Å². The molecule has 4 amide bonds. The average molecular weight is 564 g/mol. The zero-order valence-corrected chi connectivity index (χ0v) is 25.0. The summed E-state index contributed by atoms with van der Waals surface area (Å²) in [7, 11) is 5.42. The van der Waals surface area contributed by atoms with Crippen molar-refractivity contribution in [2.24, 2.45) is 0 Å². The number of carbonyl (C=O) groups excluding carboxylic acids is 3. The lowest BCUT2D eigenvalue weighted by atomic mass is 9.93. The lowest BCUT2D eigenvalue weighted by Crippen LogP contribution is -2.65. The molecule has 0 bridgehead atoms. The molecule has 1 aromatic heterocycles. The van der Waals surface area contributed by atoms with Crippen molar-refractivity contribution < 1.29 is 19.1 Å². The molecule has 1 aromatic carbocycles. The minimum absolute atomic E-state index is 0.0925. The van der Waals surface area contributed by atoms with Crippen molar-refractivity contribution in [3.8, 4) is 5.75 Å². The number of thiophene rings is 1. The number of anilines is 2. The first-order valence-electron chi connectivity index (χ1n) is 12.5. The summed E-state index contributed by atoms with van der Waals surface area (Å²) in [4.78, 5) is 46.6. The molecule has 0 radical (unpaired) electrons. The number of urea groups is 1. The van der Waals surface area contributed by atoms with E-state index in [4.69, 9.17) is 16.3 Å². The number of hydrogen-bond donors (Lipinski definition) is 2. The number of nitrogens with zero attached hydrogens (tertiary/aromatic N) is 3. The Kier molecular flexibility index (Phi) is 9.00. The van der Waals surface area contributed by atoms with Crippen LogP contribution in [-0.4, -0.2) is 85.5 Å². The Labute approximate surface area is 234 Å². The van der Waals surface area contributed by atoms with Gasteiger partial charge in [0.15, 0.2) is 0 Å². The summed E-state index contributed by atoms with van der Waals surface area (Å²) in [6, 6.07) is 6.35. The van der Waals surface area contributed by atoms with Crippen molar-refractivity contribution >= 4 is 51.5 Å². The highest BCUT2D eigenvalue weighted by Gasteiger charge is 2.45. The lowest BCUT2D eigenvalue weighted by Gasteiger charge is -2.46. The first-order chi connectivity index (χ1) is 17.7. The highest BCUT2D eigenvalue weighted by atomic mass is 35.5. The number of amides is 4. The molecule has 11 heteroatoms. The fourth-order valence-electron chi connectivity index (χ4n) is 4.17. The number of halogens is 1. The maximum atomic E-state index is 13.9. The van der Waals surface area contributed by atoms with E-state index >= 15 is 0 Å². The molecule has 0 atom stereocenters. The fourth-order valence-corrected chi connectivity index (χ4v) is 5.53. The number of hydrogen-bond acceptors (Lipinski definition) is 6. The quantitative estimate of drug-likeness (QED) is 0.496. The Hall–Kier alpha value is -2.82. The third-order valence-electron chi connectivity index (χ3n) is 6.50. The predicted octanol–water partition coefficient (Wildman–Crippen LogP) is 4.98. The molecule has 2 aromatic rings. The van der Waals surface area contributed by atoms with E-state index in [1.807, 2.05) is 50.7 Å². The van der Waals surface area contributed by atoms with Crippen molar-refractivity contribution in [3.05, 3.63) is 39.7 Å². The second-order valence-electron chi connectivity index (χ2n) is 11.1. The van der Waals surface area contributed by atoms with E-state index in [1.54, 1.807) is 36.9 Å². The molecule has 1 fully saturated rings. The zero-order valence-electron chi connectivity index (χ0n) is 23.4. The minimum Gasteiger partial charge on any atom is -0.495 e. The minimum atomic E-state index is -1.03. The molecule has 1 saturated heterocycles. The number of methoxy groups -OCH3 is 1. The van der Waals surface area contributed by atoms with E-state index in [1.165, 1.54) is 18.4 Å². The van der Waals surface area contributed by atoms with Crippen LogP contribution >= 0.6 is 22.9 Å². The molecule has 3 rings (SSSR count). The number of carbonyl (C=O) groups is 3. The summed E-state index contributed by atoms with van der Waals surface area (Å²) in [5.41, 5.74) is -0.541. The van der Waals surface area contributed by atoms with Gasteiger partial charge in [0.25, 0.3) is 5.91 Å². The van der Waals surface area contributed by atoms with Gasteiger partial charge in [-0.05, 0) is 51.6 Å². The maximum Gasteiger partial charge on any atom is 0.324 e. The molecule has 1 aliphatic heterocycles. The molecule has 208 valence electrons. The van der Waals surface area contributed by atoms with Crippen LogP contribution in [0.5, 0.6) is 5.75 Å². The van der Waals surface area contributed by atoms with E-state index in [2.05, 4.69) is 10.6 Å². The highest BCUT2D eigenvalue weighted by molar-refractivity contribution is 7.16. The first-order valence-corrected chi connectivity index (χ1v) is 13.7. The van der Waals surface area contributed by atoms with Gasteiger partial charge in [0, 0.05) is 31.1 Å². The Balaban J connectivity index is 1.88. The van der Waals surface area contributed by atoms with Gasteiger partial charge >= 0.3 is 6.03 Å². The van der Waals surface area contributed by atoms with Gasteiger partial charge in [-0.1, -0.05) is 38.4 Å². The molecular formula is C27H38ClN5O4S. The number of likely N-dealkylation sites (N-methyl/N-ethyl adjacent to an activating group) is 1. The molecule has 2 N–H and O–H groups in total. The molecule has 9 nitrogen and oxygen atoms in total. The standard InChI is InChI=1S/C27H38ClN5O4S/c1-26(2,3)20-16-17(22(38-20)30-25(36)29-18-10-9-11-19(37-8)21(18)28)23(34)33-15-14-32(13-12-31(6)7)24(35)27(33,4)5/h9-11,16H,12-15H2,1-8H3,(H2,29,30,36). The summed E-state index contributed by atoms with van der Waals surface area (Å²) in [5, 5.41) is 6.26. The summed E-state index contributed by atoms with van der Waals surface area (Å²) in [6.45, 7) is 11.9. The number of nitrogens with one attached hydrogen (secondary N) is 2. The van der Waals surface area contributed by atoms with Gasteiger partial charge in [-0.2, -0.15) is 0 Å². The molecule has 38 heavy (non-hydrogen) atoms. The van der Waals surface area contributed by atoms with E-state index in [0.29, 0.717) is 41.6 Å². The van der Waals surface area contributed by atoms with Gasteiger partial charge < -0.3 is 24.8 Å². The summed E-state index contributed by atoms with van der Waals surface area (Å²) < 4.78 is 5.22. The Morgan fingerprint density at radius 1 is 1.18 bits per heavy atom. The van der Waals surface area contributed by atoms with Gasteiger partial charge in [0.1, 0.15) is 21.3 Å². The second kappa shape index (κ2) is 11.5. The van der Waals surface area contributed by atoms with Crippen LogP contribution in [0.1, 0.15) is 49.9 Å². The van der Waals surface area contributed by atoms with Gasteiger partial charge in [-0.3, -0.25) is 14.9 Å². The topological polar surface area (TPSA) is 94.2 Å². The first kappa shape index (κ1) is 29.7. The van der Waals surface area contributed by atoms with E-state index in [9.17, 15) is 14.4 Å². The van der Waals surface area contributed by atoms with Crippen LogP contribution in [0.25, 0.3) is 0 Å². The number of piperazine rings is 1. The SMILES string of the molecule is COc1cccc(NC(=O)Nc2sc(C(C)(C)C)cc2C(=O)N2CCN(CCN(C)C)C(=O)C2(C)C)c1Cl. The molecular weight excluding hydrogens is 526 g/mol. The molecule has 2 heterocycles. The van der Waals surface area contributed by atoms with Crippen molar-refractivity contribution in [1.82, 2.24) is 14.7 Å². The number of rotatable bonds is 7. The number of benzene rings is 1. The van der Waals surface area contributed by atoms with Crippen molar-refractivity contribution in [1.29, 1.82) is 0 Å². The molecule has 0 saturated carbocycles. The van der Waals surface area contributed by atoms with Crippen LogP contribution in [0.2, 0.25) is 5.02 Å². The summed E-state index contributed by atoms with van der Waals surface area (Å²) in [6.07, 6.45) is 0. The molecule has 0 aliphatic carbocycles. The highest BCUT2D eigenvalue weighted by Crippen LogP contribution is 2.38. The van der Waals surface area contributed by atoms with Crippen LogP contribution in [-0.2, 0) is 10.2 Å². The molecule has 0 unspecified atom stereocenters. The second-order valence-corrected chi connectivity index (χ2v) is 12.5. The van der Waals surface area contributed by atoms with Crippen molar-refractivity contribution in [2.75, 3.05) is 58.0 Å². The van der Waals surface area contributed by atoms with E-state index in [0.717, 1.165) is 11.4 Å². The third kappa shape index (κ3) is 6.42.